The molecule has 3 aromatic rings. The first kappa shape index (κ1) is 27.4. The molecule has 2 heterocycles. The van der Waals surface area contributed by atoms with Gasteiger partial charge >= 0.3 is 0 Å². The van der Waals surface area contributed by atoms with Crippen molar-refractivity contribution in [1.29, 1.82) is 0 Å². The summed E-state index contributed by atoms with van der Waals surface area (Å²) in [6.45, 7) is 7.63. The summed E-state index contributed by atoms with van der Waals surface area (Å²) >= 11 is 0. The van der Waals surface area contributed by atoms with E-state index in [4.69, 9.17) is 4.42 Å². The van der Waals surface area contributed by atoms with Gasteiger partial charge in [-0.15, -0.1) is 0 Å². The smallest absolute Gasteiger partial charge is 0.282 e. The molecule has 206 valence electrons. The van der Waals surface area contributed by atoms with Crippen molar-refractivity contribution in [3.63, 3.8) is 0 Å². The summed E-state index contributed by atoms with van der Waals surface area (Å²) < 4.78 is 5.68. The summed E-state index contributed by atoms with van der Waals surface area (Å²) in [4.78, 5) is 37.4. The van der Waals surface area contributed by atoms with Gasteiger partial charge in [0.05, 0.1) is 5.57 Å². The van der Waals surface area contributed by atoms with Crippen LogP contribution in [0.5, 0.6) is 5.95 Å². The molecular weight excluding hydrogens is 502 g/mol. The van der Waals surface area contributed by atoms with Crippen molar-refractivity contribution in [2.45, 2.75) is 64.7 Å². The van der Waals surface area contributed by atoms with Gasteiger partial charge in [0, 0.05) is 34.6 Å². The van der Waals surface area contributed by atoms with E-state index < -0.39 is 17.3 Å². The molecule has 0 bridgehead atoms. The standard InChI is InChI=1S/C34H35NO5/c1-4-5-6-7-8-11-20-35-26-13-10-9-12-25(26)34(2,3)28(35)19-18-27-24(21-29(36)40-27)22-14-16-23(17-15-22)30-31(37)33(39)32(30)38/h9-10,12-19,21,36H,4-8,11,20H2,1-3H3/b27-18-,28-19-. The Bertz CT molecular complexity index is 1700. The Morgan fingerprint density at radius 3 is 2.20 bits per heavy atom. The number of nitrogens with zero attached hydrogens (tertiary/aromatic N) is 1. The molecule has 0 spiro atoms. The monoisotopic (exact) mass is 537 g/mol. The molecule has 1 fully saturated rings. The molecule has 0 saturated heterocycles. The van der Waals surface area contributed by atoms with Crippen LogP contribution in [0.3, 0.4) is 0 Å². The molecule has 40 heavy (non-hydrogen) atoms. The number of fused-ring (bicyclic) bond motifs is 1. The highest BCUT2D eigenvalue weighted by molar-refractivity contribution is 6.95. The van der Waals surface area contributed by atoms with E-state index >= 15 is 0 Å². The molecule has 2 aliphatic rings. The van der Waals surface area contributed by atoms with E-state index in [0.29, 0.717) is 15.9 Å². The molecule has 5 rings (SSSR count). The normalized spacial score (nSPS) is 17.6. The summed E-state index contributed by atoms with van der Waals surface area (Å²) in [5, 5.41) is 12.1. The molecule has 0 atom stereocenters. The van der Waals surface area contributed by atoms with Crippen molar-refractivity contribution in [1.82, 2.24) is 0 Å². The van der Waals surface area contributed by atoms with Gasteiger partial charge in [-0.05, 0) is 40.6 Å². The number of hydrogen-bond donors (Lipinski definition) is 1. The lowest BCUT2D eigenvalue weighted by atomic mass is 9.84. The van der Waals surface area contributed by atoms with Gasteiger partial charge in [-0.2, -0.15) is 0 Å². The lowest BCUT2D eigenvalue weighted by Crippen LogP contribution is -2.43. The third kappa shape index (κ3) is 4.94. The summed E-state index contributed by atoms with van der Waals surface area (Å²) in [6.07, 6.45) is 11.4. The van der Waals surface area contributed by atoms with Crippen molar-refractivity contribution in [2.75, 3.05) is 11.4 Å². The van der Waals surface area contributed by atoms with Crippen LogP contribution >= 0.6 is 0 Å². The van der Waals surface area contributed by atoms with E-state index in [9.17, 15) is 19.5 Å². The topological polar surface area (TPSA) is 87.8 Å². The number of aromatic hydroxyl groups is 1. The summed E-state index contributed by atoms with van der Waals surface area (Å²) in [5.74, 6) is -2.66. The Kier molecular flexibility index (Phi) is 7.61. The molecule has 1 saturated carbocycles. The van der Waals surface area contributed by atoms with Gasteiger partial charge in [-0.3, -0.25) is 14.4 Å². The number of para-hydroxylation sites is 1. The van der Waals surface area contributed by atoms with Crippen LogP contribution in [0.1, 0.15) is 64.9 Å². The molecule has 0 amide bonds. The Balaban J connectivity index is 1.53. The molecular formula is C34H35NO5. The number of benzene rings is 2. The SMILES string of the molecule is CCCCCCCCN1/C(=C\C=c2/oc(O)cc2=c2ccc(=C3C(=O)C(=O)C3=O)cc2)C(C)(C)c2ccccc21. The molecule has 1 N–H and O–H groups in total. The predicted molar refractivity (Wildman–Crippen MR) is 155 cm³/mol. The van der Waals surface area contributed by atoms with Crippen molar-refractivity contribution in [3.05, 3.63) is 93.0 Å². The molecule has 6 heteroatoms. The first-order valence-electron chi connectivity index (χ1n) is 14.1. The van der Waals surface area contributed by atoms with Crippen molar-refractivity contribution in [3.8, 4) is 5.95 Å². The summed E-state index contributed by atoms with van der Waals surface area (Å²) in [6, 6.07) is 16.9. The fraction of sp³-hybridized carbons (Fsp3) is 0.324. The molecule has 1 aliphatic heterocycles. The Hall–Kier alpha value is -4.19. The second-order valence-electron chi connectivity index (χ2n) is 11.1. The van der Waals surface area contributed by atoms with E-state index in [1.165, 1.54) is 49.1 Å². The minimum Gasteiger partial charge on any atom is -0.481 e. The third-order valence-electron chi connectivity index (χ3n) is 8.03. The van der Waals surface area contributed by atoms with Crippen LogP contribution in [0.2, 0.25) is 0 Å². The van der Waals surface area contributed by atoms with E-state index in [1.54, 1.807) is 30.3 Å². The fourth-order valence-electron chi connectivity index (χ4n) is 5.78. The molecule has 2 aromatic carbocycles. The number of Topliss-reactive ketones (excluding diaryl/α,β-unsaturated/α-hetero) is 3. The largest absolute Gasteiger partial charge is 0.481 e. The highest BCUT2D eigenvalue weighted by Gasteiger charge is 2.43. The maximum Gasteiger partial charge on any atom is 0.282 e. The van der Waals surface area contributed by atoms with E-state index in [0.717, 1.165) is 18.2 Å². The van der Waals surface area contributed by atoms with E-state index in [2.05, 4.69) is 56.0 Å². The minimum atomic E-state index is -0.966. The average Bonchev–Trinajstić information content (AvgIpc) is 3.43. The number of hydrogen-bond acceptors (Lipinski definition) is 6. The van der Waals surface area contributed by atoms with Crippen LogP contribution in [0.25, 0.3) is 11.6 Å². The zero-order valence-electron chi connectivity index (χ0n) is 23.3. The van der Waals surface area contributed by atoms with Gasteiger partial charge in [-0.25, -0.2) is 0 Å². The maximum absolute atomic E-state index is 11.8. The Morgan fingerprint density at radius 2 is 1.48 bits per heavy atom. The van der Waals surface area contributed by atoms with E-state index in [-0.39, 0.29) is 16.9 Å². The third-order valence-corrected chi connectivity index (χ3v) is 8.03. The Morgan fingerprint density at radius 1 is 0.825 bits per heavy atom. The maximum atomic E-state index is 11.8. The molecule has 0 unspecified atom stereocenters. The van der Waals surface area contributed by atoms with Crippen LogP contribution in [-0.4, -0.2) is 29.0 Å². The van der Waals surface area contributed by atoms with Crippen LogP contribution in [0.15, 0.2) is 70.8 Å². The lowest BCUT2D eigenvalue weighted by Gasteiger charge is -2.27. The molecule has 1 aliphatic carbocycles. The second kappa shape index (κ2) is 11.1. The molecule has 1 aromatic heterocycles. The average molecular weight is 538 g/mol. The van der Waals surface area contributed by atoms with Crippen molar-refractivity contribution < 1.29 is 23.9 Å². The van der Waals surface area contributed by atoms with Crippen LogP contribution in [0, 0.1) is 10.4 Å². The first-order chi connectivity index (χ1) is 19.2. The van der Waals surface area contributed by atoms with Crippen LogP contribution < -0.4 is 15.5 Å². The van der Waals surface area contributed by atoms with Crippen LogP contribution in [-0.2, 0) is 19.8 Å². The summed E-state index contributed by atoms with van der Waals surface area (Å²) in [7, 11) is 0. The number of ketones is 3. The number of rotatable bonds is 8. The van der Waals surface area contributed by atoms with Crippen molar-refractivity contribution in [2.24, 2.45) is 0 Å². The first-order valence-corrected chi connectivity index (χ1v) is 14.1. The number of carbonyl (C=O) groups is 3. The fourth-order valence-corrected chi connectivity index (χ4v) is 5.78. The zero-order chi connectivity index (χ0) is 28.4. The van der Waals surface area contributed by atoms with Gasteiger partial charge in [0.15, 0.2) is 0 Å². The number of unbranched alkanes of at least 4 members (excludes halogenated alkanes) is 5. The predicted octanol–water partition coefficient (Wildman–Crippen LogP) is 4.97. The molecule has 0 radical (unpaired) electrons. The lowest BCUT2D eigenvalue weighted by molar-refractivity contribution is -0.144. The van der Waals surface area contributed by atoms with Gasteiger partial charge in [0.25, 0.3) is 11.7 Å². The van der Waals surface area contributed by atoms with Crippen LogP contribution in [0.4, 0.5) is 5.69 Å². The minimum absolute atomic E-state index is 0.0726. The number of carbonyl (C=O) groups excluding carboxylic acids is 3. The quantitative estimate of drug-likeness (QED) is 0.323. The highest BCUT2D eigenvalue weighted by atomic mass is 16.5. The molecule has 6 nitrogen and oxygen atoms in total. The number of anilines is 1. The van der Waals surface area contributed by atoms with E-state index in [1.807, 2.05) is 6.08 Å². The van der Waals surface area contributed by atoms with Crippen molar-refractivity contribution >= 4 is 34.7 Å². The highest BCUT2D eigenvalue weighted by Crippen LogP contribution is 2.47. The number of furan rings is 1. The van der Waals surface area contributed by atoms with Gasteiger partial charge < -0.3 is 14.4 Å². The van der Waals surface area contributed by atoms with Gasteiger partial charge in [-0.1, -0.05) is 95.3 Å². The zero-order valence-corrected chi connectivity index (χ0v) is 23.3. The number of allylic oxidation sites excluding steroid dienone is 2. The van der Waals surface area contributed by atoms with Gasteiger partial charge in [0.1, 0.15) is 5.42 Å². The summed E-state index contributed by atoms with van der Waals surface area (Å²) in [5.41, 5.74) is 3.91. The second-order valence-corrected chi connectivity index (χ2v) is 11.1. The van der Waals surface area contributed by atoms with Gasteiger partial charge in [0.2, 0.25) is 11.6 Å². The Labute approximate surface area is 233 Å².